The molecule has 2 aromatic rings. The standard InChI is InChI=1S/C20H18N6O8S3/c1-25-19(22-23-24-25)36-8-9-7-35-18-20(34-2,17(32)26(18)12(9)16(30)31)21-14(27)13(37-33)10-5-3-4-6-11(10)15(28)29/h3-6,18H,7-8H2,1-2H3,(H,21,27)(H,28,29)(H,30,31)/t18-,20+/m1/s1. The lowest BCUT2D eigenvalue weighted by molar-refractivity contribution is -0.191. The van der Waals surface area contributed by atoms with E-state index in [1.807, 2.05) is 0 Å². The minimum Gasteiger partial charge on any atom is -0.478 e. The van der Waals surface area contributed by atoms with Gasteiger partial charge < -0.3 is 20.3 Å². The van der Waals surface area contributed by atoms with E-state index in [2.05, 4.69) is 20.8 Å². The maximum absolute atomic E-state index is 13.3. The molecule has 0 spiro atoms. The number of nitrogens with zero attached hydrogens (tertiary/aromatic N) is 5. The van der Waals surface area contributed by atoms with Crippen LogP contribution in [0.4, 0.5) is 0 Å². The van der Waals surface area contributed by atoms with Gasteiger partial charge in [-0.05, 0) is 22.1 Å². The van der Waals surface area contributed by atoms with Gasteiger partial charge in [0, 0.05) is 31.2 Å². The van der Waals surface area contributed by atoms with Crippen molar-refractivity contribution >= 4 is 63.4 Å². The van der Waals surface area contributed by atoms with Crippen LogP contribution in [0, 0.1) is 0 Å². The van der Waals surface area contributed by atoms with E-state index in [1.54, 1.807) is 7.05 Å². The quantitative estimate of drug-likeness (QED) is 0.112. The van der Waals surface area contributed by atoms with Gasteiger partial charge in [-0.2, -0.15) is 0 Å². The fraction of sp³-hybridized carbons (Fsp3) is 0.300. The summed E-state index contributed by atoms with van der Waals surface area (Å²) in [6.45, 7) is 0. The molecular weight excluding hydrogens is 548 g/mol. The van der Waals surface area contributed by atoms with Crippen molar-refractivity contribution in [1.82, 2.24) is 30.4 Å². The van der Waals surface area contributed by atoms with E-state index >= 15 is 0 Å². The number of β-lactam (4-membered cyclic amide) rings is 1. The smallest absolute Gasteiger partial charge is 0.352 e. The highest BCUT2D eigenvalue weighted by Gasteiger charge is 2.66. The Hall–Kier alpha value is -3.54. The molecule has 37 heavy (non-hydrogen) atoms. The summed E-state index contributed by atoms with van der Waals surface area (Å²) in [6.07, 6.45) is 0. The molecule has 1 fully saturated rings. The van der Waals surface area contributed by atoms with Gasteiger partial charge in [0.1, 0.15) is 27.2 Å². The summed E-state index contributed by atoms with van der Waals surface area (Å²) >= 11 is 2.14. The van der Waals surface area contributed by atoms with Gasteiger partial charge in [0.25, 0.3) is 17.5 Å². The Labute approximate surface area is 220 Å². The molecule has 14 nitrogen and oxygen atoms in total. The predicted octanol–water partition coefficient (Wildman–Crippen LogP) is -0.853. The number of carboxylic acids is 2. The van der Waals surface area contributed by atoms with E-state index in [0.29, 0.717) is 10.7 Å². The number of carboxylic acid groups (broad SMARTS) is 2. The Kier molecular flexibility index (Phi) is 7.49. The highest BCUT2D eigenvalue weighted by molar-refractivity contribution is 8.01. The highest BCUT2D eigenvalue weighted by atomic mass is 32.2. The summed E-state index contributed by atoms with van der Waals surface area (Å²) in [5, 5.41) is 32.3. The molecule has 0 bridgehead atoms. The van der Waals surface area contributed by atoms with Gasteiger partial charge in [0.2, 0.25) is 5.16 Å². The topological polar surface area (TPSA) is 194 Å². The normalized spacial score (nSPS) is 20.6. The molecule has 0 saturated carbocycles. The van der Waals surface area contributed by atoms with E-state index in [-0.39, 0.29) is 39.6 Å². The van der Waals surface area contributed by atoms with Crippen molar-refractivity contribution < 1.29 is 38.3 Å². The van der Waals surface area contributed by atoms with Crippen LogP contribution in [-0.2, 0) is 37.4 Å². The summed E-state index contributed by atoms with van der Waals surface area (Å²) in [7, 11) is 2.80. The number of ether oxygens (including phenoxy) is 1. The van der Waals surface area contributed by atoms with Crippen molar-refractivity contribution in [2.24, 2.45) is 7.05 Å². The molecule has 2 aliphatic heterocycles. The van der Waals surface area contributed by atoms with Crippen molar-refractivity contribution in [2.45, 2.75) is 16.3 Å². The maximum Gasteiger partial charge on any atom is 0.352 e. The zero-order chi connectivity index (χ0) is 26.9. The number of aromatic carboxylic acids is 1. The number of amides is 2. The molecule has 3 heterocycles. The fourth-order valence-corrected chi connectivity index (χ4v) is 6.67. The lowest BCUT2D eigenvalue weighted by Crippen LogP contribution is -2.81. The number of tetrazole rings is 1. The van der Waals surface area contributed by atoms with E-state index in [9.17, 15) is 33.6 Å². The average molecular weight is 567 g/mol. The van der Waals surface area contributed by atoms with Crippen molar-refractivity contribution in [1.29, 1.82) is 0 Å². The molecular formula is C20H18N6O8S3. The van der Waals surface area contributed by atoms with E-state index in [4.69, 9.17) is 4.74 Å². The highest BCUT2D eigenvalue weighted by Crippen LogP contribution is 2.47. The molecule has 4 rings (SSSR count). The number of hydrogen-bond acceptors (Lipinski definition) is 11. The maximum atomic E-state index is 13.3. The van der Waals surface area contributed by atoms with Gasteiger partial charge in [-0.1, -0.05) is 30.0 Å². The number of nitrogens with one attached hydrogen (secondary N) is 1. The molecule has 0 radical (unpaired) electrons. The van der Waals surface area contributed by atoms with Crippen LogP contribution in [0.15, 0.2) is 40.7 Å². The summed E-state index contributed by atoms with van der Waals surface area (Å²) in [6, 6.07) is 5.44. The molecule has 1 aromatic carbocycles. The summed E-state index contributed by atoms with van der Waals surface area (Å²) in [5.41, 5.74) is -2.15. The third-order valence-electron chi connectivity index (χ3n) is 5.58. The number of fused-ring (bicyclic) bond motifs is 1. The molecule has 17 heteroatoms. The number of methoxy groups -OCH3 is 1. The minimum atomic E-state index is -1.96. The van der Waals surface area contributed by atoms with E-state index < -0.39 is 39.7 Å². The Morgan fingerprint density at radius 1 is 1.24 bits per heavy atom. The summed E-state index contributed by atoms with van der Waals surface area (Å²) < 4.78 is 18.7. The number of aryl methyl sites for hydroxylation is 1. The number of benzene rings is 1. The third kappa shape index (κ3) is 4.54. The van der Waals surface area contributed by atoms with Gasteiger partial charge in [-0.3, -0.25) is 14.5 Å². The second-order valence-electron chi connectivity index (χ2n) is 7.63. The number of carbonyl (C=O) groups excluding carboxylic acids is 2. The molecule has 2 aliphatic rings. The van der Waals surface area contributed by atoms with Crippen molar-refractivity contribution in [3.63, 3.8) is 0 Å². The van der Waals surface area contributed by atoms with Crippen LogP contribution in [0.2, 0.25) is 0 Å². The monoisotopic (exact) mass is 566 g/mol. The molecule has 1 saturated heterocycles. The third-order valence-corrected chi connectivity index (χ3v) is 8.62. The number of thioether (sulfide) groups is 2. The molecule has 3 N–H and O–H groups in total. The Morgan fingerprint density at radius 2 is 1.95 bits per heavy atom. The van der Waals surface area contributed by atoms with Gasteiger partial charge in [-0.15, -0.1) is 16.9 Å². The lowest BCUT2D eigenvalue weighted by atomic mass is 9.97. The van der Waals surface area contributed by atoms with Crippen molar-refractivity contribution in [3.05, 3.63) is 46.7 Å². The molecule has 0 unspecified atom stereocenters. The van der Waals surface area contributed by atoms with Crippen LogP contribution in [-0.4, -0.2) is 97.9 Å². The average Bonchev–Trinajstić information content (AvgIpc) is 3.30. The van der Waals surface area contributed by atoms with Crippen LogP contribution in [0.25, 0.3) is 0 Å². The number of rotatable bonds is 9. The second-order valence-corrected chi connectivity index (χ2v) is 10.2. The first kappa shape index (κ1) is 26.5. The second kappa shape index (κ2) is 10.4. The minimum absolute atomic E-state index is 0.123. The summed E-state index contributed by atoms with van der Waals surface area (Å²) in [5.74, 6) is -4.15. The Bertz CT molecular complexity index is 1400. The van der Waals surface area contributed by atoms with Crippen LogP contribution in [0.1, 0.15) is 15.9 Å². The number of carbonyl (C=O) groups is 4. The predicted molar refractivity (Wildman–Crippen MR) is 131 cm³/mol. The molecule has 2 atom stereocenters. The zero-order valence-electron chi connectivity index (χ0n) is 19.1. The first-order chi connectivity index (χ1) is 17.7. The molecule has 0 aliphatic carbocycles. The van der Waals surface area contributed by atoms with E-state index in [1.165, 1.54) is 59.6 Å². The van der Waals surface area contributed by atoms with Crippen molar-refractivity contribution in [3.8, 4) is 0 Å². The Balaban J connectivity index is 1.60. The van der Waals surface area contributed by atoms with Gasteiger partial charge >= 0.3 is 11.9 Å². The number of hydrogen-bond donors (Lipinski definition) is 3. The van der Waals surface area contributed by atoms with Gasteiger partial charge in [0.15, 0.2) is 0 Å². The van der Waals surface area contributed by atoms with Gasteiger partial charge in [-0.25, -0.2) is 18.5 Å². The lowest BCUT2D eigenvalue weighted by Gasteiger charge is -2.55. The fourth-order valence-electron chi connectivity index (χ4n) is 3.85. The van der Waals surface area contributed by atoms with E-state index in [0.717, 1.165) is 4.90 Å². The molecule has 194 valence electrons. The molecule has 1 aromatic heterocycles. The van der Waals surface area contributed by atoms with Gasteiger partial charge in [0.05, 0.1) is 5.56 Å². The number of aromatic nitrogens is 4. The SMILES string of the molecule is CO[C@@]1(NC(=O)C(=S=O)c2ccccc2C(=O)O)C(=O)N2C(C(=O)O)=C(CSc3nnnn3C)CS[C@@H]21. The van der Waals surface area contributed by atoms with Crippen LogP contribution < -0.4 is 5.32 Å². The zero-order valence-corrected chi connectivity index (χ0v) is 21.6. The number of aliphatic carboxylic acids is 1. The summed E-state index contributed by atoms with van der Waals surface area (Å²) in [4.78, 5) is 50.7. The van der Waals surface area contributed by atoms with Crippen LogP contribution in [0.3, 0.4) is 0 Å². The Morgan fingerprint density at radius 3 is 2.51 bits per heavy atom. The van der Waals surface area contributed by atoms with Crippen LogP contribution in [0.5, 0.6) is 0 Å². The molecule has 2 amide bonds. The first-order valence-electron chi connectivity index (χ1n) is 10.3. The van der Waals surface area contributed by atoms with Crippen LogP contribution >= 0.6 is 23.5 Å². The van der Waals surface area contributed by atoms with Crippen molar-refractivity contribution in [2.75, 3.05) is 18.6 Å². The first-order valence-corrected chi connectivity index (χ1v) is 13.1. The largest absolute Gasteiger partial charge is 0.478 e.